The molecule has 4 heteroatoms. The number of H-pyrrole nitrogens is 1. The quantitative estimate of drug-likeness (QED) is 0.580. The van der Waals surface area contributed by atoms with Crippen LogP contribution < -0.4 is 5.32 Å². The Morgan fingerprint density at radius 2 is 1.96 bits per heavy atom. The molecule has 0 aliphatic heterocycles. The molecule has 0 unspecified atom stereocenters. The van der Waals surface area contributed by atoms with Gasteiger partial charge in [0.1, 0.15) is 0 Å². The highest BCUT2D eigenvalue weighted by molar-refractivity contribution is 5.98. The van der Waals surface area contributed by atoms with Crippen LogP contribution in [-0.2, 0) is 6.42 Å². The number of amides is 1. The van der Waals surface area contributed by atoms with Gasteiger partial charge in [0, 0.05) is 29.0 Å². The summed E-state index contributed by atoms with van der Waals surface area (Å²) in [6.07, 6.45) is 2.81. The van der Waals surface area contributed by atoms with Gasteiger partial charge in [-0.3, -0.25) is 9.78 Å². The maximum Gasteiger partial charge on any atom is 0.253 e. The van der Waals surface area contributed by atoms with Crippen LogP contribution in [0.15, 0.2) is 54.7 Å². The van der Waals surface area contributed by atoms with E-state index in [9.17, 15) is 4.79 Å². The number of hydrogen-bond donors (Lipinski definition) is 2. The van der Waals surface area contributed by atoms with Gasteiger partial charge in [-0.1, -0.05) is 30.3 Å². The fourth-order valence-electron chi connectivity index (χ4n) is 3.36. The lowest BCUT2D eigenvalue weighted by atomic mass is 10.1. The third kappa shape index (κ3) is 3.06. The Hall–Kier alpha value is -3.14. The molecular weight excluding hydrogens is 322 g/mol. The molecular formula is C22H21N3O. The van der Waals surface area contributed by atoms with E-state index in [1.165, 1.54) is 16.5 Å². The maximum absolute atomic E-state index is 12.6. The third-order valence-corrected chi connectivity index (χ3v) is 4.76. The fourth-order valence-corrected chi connectivity index (χ4v) is 3.36. The molecule has 0 saturated heterocycles. The van der Waals surface area contributed by atoms with Crippen molar-refractivity contribution >= 4 is 27.7 Å². The first-order valence-electron chi connectivity index (χ1n) is 8.83. The second-order valence-corrected chi connectivity index (χ2v) is 6.68. The highest BCUT2D eigenvalue weighted by Gasteiger charge is 2.12. The number of para-hydroxylation sites is 1. The highest BCUT2D eigenvalue weighted by Crippen LogP contribution is 2.20. The minimum atomic E-state index is -0.0727. The van der Waals surface area contributed by atoms with Crippen molar-refractivity contribution < 1.29 is 4.79 Å². The predicted octanol–water partition coefficient (Wildman–Crippen LogP) is 4.31. The lowest BCUT2D eigenvalue weighted by molar-refractivity contribution is 0.0953. The van der Waals surface area contributed by atoms with Crippen molar-refractivity contribution in [2.45, 2.75) is 20.3 Å². The fraction of sp³-hybridized carbons (Fsp3) is 0.182. The first-order chi connectivity index (χ1) is 12.6. The number of fused-ring (bicyclic) bond motifs is 2. The number of pyridine rings is 1. The molecule has 4 aromatic rings. The van der Waals surface area contributed by atoms with Crippen LogP contribution in [0.25, 0.3) is 21.8 Å². The normalized spacial score (nSPS) is 11.2. The number of hydrogen-bond acceptors (Lipinski definition) is 2. The smallest absolute Gasteiger partial charge is 0.253 e. The van der Waals surface area contributed by atoms with E-state index in [4.69, 9.17) is 0 Å². The Balaban J connectivity index is 1.47. The Kier molecular flexibility index (Phi) is 4.17. The molecule has 0 atom stereocenters. The van der Waals surface area contributed by atoms with Gasteiger partial charge >= 0.3 is 0 Å². The SMILES string of the molecule is Cc1ccc2c(CCNC(=O)c3cc4ccccc4nc3C)c[nH]c2c1. The molecule has 0 spiro atoms. The molecule has 2 aromatic heterocycles. The Morgan fingerprint density at radius 3 is 2.85 bits per heavy atom. The third-order valence-electron chi connectivity index (χ3n) is 4.76. The molecule has 26 heavy (non-hydrogen) atoms. The zero-order valence-electron chi connectivity index (χ0n) is 15.0. The second-order valence-electron chi connectivity index (χ2n) is 6.68. The van der Waals surface area contributed by atoms with Gasteiger partial charge in [0.2, 0.25) is 0 Å². The molecule has 0 aliphatic rings. The van der Waals surface area contributed by atoms with E-state index in [1.54, 1.807) is 0 Å². The van der Waals surface area contributed by atoms with E-state index >= 15 is 0 Å². The van der Waals surface area contributed by atoms with Gasteiger partial charge in [-0.25, -0.2) is 0 Å². The van der Waals surface area contributed by atoms with Crippen LogP contribution in [0.1, 0.15) is 27.2 Å². The molecule has 4 rings (SSSR count). The maximum atomic E-state index is 12.6. The van der Waals surface area contributed by atoms with E-state index in [0.29, 0.717) is 12.1 Å². The van der Waals surface area contributed by atoms with Crippen molar-refractivity contribution in [1.82, 2.24) is 15.3 Å². The van der Waals surface area contributed by atoms with Crippen LogP contribution in [0.4, 0.5) is 0 Å². The number of aromatic nitrogens is 2. The van der Waals surface area contributed by atoms with E-state index in [1.807, 2.05) is 43.5 Å². The van der Waals surface area contributed by atoms with Gasteiger partial charge in [0.05, 0.1) is 16.8 Å². The lowest BCUT2D eigenvalue weighted by Crippen LogP contribution is -2.26. The first kappa shape index (κ1) is 16.3. The van der Waals surface area contributed by atoms with E-state index < -0.39 is 0 Å². The van der Waals surface area contributed by atoms with Crippen molar-refractivity contribution in [2.24, 2.45) is 0 Å². The molecule has 0 saturated carbocycles. The topological polar surface area (TPSA) is 57.8 Å². The van der Waals surface area contributed by atoms with E-state index in [2.05, 4.69) is 40.4 Å². The number of carbonyl (C=O) groups excluding carboxylic acids is 1. The lowest BCUT2D eigenvalue weighted by Gasteiger charge is -2.09. The summed E-state index contributed by atoms with van der Waals surface area (Å²) in [6, 6.07) is 16.2. The van der Waals surface area contributed by atoms with Crippen molar-refractivity contribution in [1.29, 1.82) is 0 Å². The van der Waals surface area contributed by atoms with Gasteiger partial charge < -0.3 is 10.3 Å². The average molecular weight is 343 g/mol. The summed E-state index contributed by atoms with van der Waals surface area (Å²) < 4.78 is 0. The number of benzene rings is 2. The van der Waals surface area contributed by atoms with Crippen LogP contribution in [0, 0.1) is 13.8 Å². The Labute approximate surface area is 152 Å². The van der Waals surface area contributed by atoms with Gasteiger partial charge in [-0.2, -0.15) is 0 Å². The number of nitrogens with one attached hydrogen (secondary N) is 2. The molecule has 0 aliphatic carbocycles. The molecule has 0 bridgehead atoms. The number of nitrogens with zero attached hydrogens (tertiary/aromatic N) is 1. The van der Waals surface area contributed by atoms with Crippen LogP contribution >= 0.6 is 0 Å². The Morgan fingerprint density at radius 1 is 1.12 bits per heavy atom. The largest absolute Gasteiger partial charge is 0.361 e. The van der Waals surface area contributed by atoms with E-state index in [0.717, 1.165) is 28.5 Å². The van der Waals surface area contributed by atoms with Crippen molar-refractivity contribution in [3.63, 3.8) is 0 Å². The van der Waals surface area contributed by atoms with Gasteiger partial charge in [-0.05, 0) is 49.6 Å². The minimum absolute atomic E-state index is 0.0727. The standard InChI is InChI=1S/C22H21N3O/c1-14-7-8-18-17(13-24-21(18)11-14)9-10-23-22(26)19-12-16-5-3-4-6-20(16)25-15(19)2/h3-8,11-13,24H,9-10H2,1-2H3,(H,23,26). The second kappa shape index (κ2) is 6.64. The van der Waals surface area contributed by atoms with Gasteiger partial charge in [0.25, 0.3) is 5.91 Å². The Bertz CT molecular complexity index is 1110. The van der Waals surface area contributed by atoms with Crippen LogP contribution in [0.3, 0.4) is 0 Å². The zero-order valence-corrected chi connectivity index (χ0v) is 15.0. The highest BCUT2D eigenvalue weighted by atomic mass is 16.1. The summed E-state index contributed by atoms with van der Waals surface area (Å²) in [5.74, 6) is -0.0727. The molecule has 0 fully saturated rings. The molecule has 1 amide bonds. The summed E-state index contributed by atoms with van der Waals surface area (Å²) in [6.45, 7) is 4.55. The summed E-state index contributed by atoms with van der Waals surface area (Å²) in [7, 11) is 0. The molecule has 4 nitrogen and oxygen atoms in total. The minimum Gasteiger partial charge on any atom is -0.361 e. The molecule has 0 radical (unpaired) electrons. The van der Waals surface area contributed by atoms with Gasteiger partial charge in [0.15, 0.2) is 0 Å². The molecule has 130 valence electrons. The molecule has 2 aromatic carbocycles. The van der Waals surface area contributed by atoms with Crippen LogP contribution in [-0.4, -0.2) is 22.4 Å². The van der Waals surface area contributed by atoms with Crippen LogP contribution in [0.2, 0.25) is 0 Å². The predicted molar refractivity (Wildman–Crippen MR) is 106 cm³/mol. The monoisotopic (exact) mass is 343 g/mol. The van der Waals surface area contributed by atoms with Crippen molar-refractivity contribution in [3.8, 4) is 0 Å². The summed E-state index contributed by atoms with van der Waals surface area (Å²) in [5, 5.41) is 5.22. The zero-order chi connectivity index (χ0) is 18.1. The van der Waals surface area contributed by atoms with Crippen molar-refractivity contribution in [3.05, 3.63) is 77.1 Å². The van der Waals surface area contributed by atoms with Crippen molar-refractivity contribution in [2.75, 3.05) is 6.54 Å². The van der Waals surface area contributed by atoms with Gasteiger partial charge in [-0.15, -0.1) is 0 Å². The summed E-state index contributed by atoms with van der Waals surface area (Å²) in [5.41, 5.74) is 5.89. The number of carbonyl (C=O) groups is 1. The summed E-state index contributed by atoms with van der Waals surface area (Å²) in [4.78, 5) is 20.4. The molecule has 2 heterocycles. The number of aromatic amines is 1. The average Bonchev–Trinajstić information content (AvgIpc) is 3.03. The molecule has 2 N–H and O–H groups in total. The number of aryl methyl sites for hydroxylation is 2. The summed E-state index contributed by atoms with van der Waals surface area (Å²) >= 11 is 0. The van der Waals surface area contributed by atoms with E-state index in [-0.39, 0.29) is 5.91 Å². The number of rotatable bonds is 4. The first-order valence-corrected chi connectivity index (χ1v) is 8.83. The van der Waals surface area contributed by atoms with Crippen LogP contribution in [0.5, 0.6) is 0 Å².